The topological polar surface area (TPSA) is 59.6 Å². The highest BCUT2D eigenvalue weighted by Gasteiger charge is 2.05. The summed E-state index contributed by atoms with van der Waals surface area (Å²) in [5, 5.41) is 5.22. The summed E-state index contributed by atoms with van der Waals surface area (Å²) in [5.41, 5.74) is 1.00. The molecule has 0 aromatic heterocycles. The zero-order valence-electron chi connectivity index (χ0n) is 10.4. The van der Waals surface area contributed by atoms with E-state index in [4.69, 9.17) is 9.47 Å². The Bertz CT molecular complexity index is 380. The van der Waals surface area contributed by atoms with E-state index in [9.17, 15) is 4.79 Å². The van der Waals surface area contributed by atoms with Gasteiger partial charge in [-0.15, -0.1) is 0 Å². The fourth-order valence-corrected chi connectivity index (χ4v) is 1.48. The molecule has 0 bridgehead atoms. The molecule has 1 aromatic carbocycles. The fraction of sp³-hybridized carbons (Fsp3) is 0.417. The Morgan fingerprint density at radius 3 is 2.65 bits per heavy atom. The summed E-state index contributed by atoms with van der Waals surface area (Å²) < 4.78 is 10.4. The molecule has 0 radical (unpaired) electrons. The van der Waals surface area contributed by atoms with E-state index >= 15 is 0 Å². The van der Waals surface area contributed by atoms with Gasteiger partial charge in [-0.3, -0.25) is 0 Å². The van der Waals surface area contributed by atoms with Gasteiger partial charge in [-0.05, 0) is 30.2 Å². The lowest BCUT2D eigenvalue weighted by atomic mass is 10.1. The summed E-state index contributed by atoms with van der Waals surface area (Å²) in [6.45, 7) is 0.545. The van der Waals surface area contributed by atoms with Crippen LogP contribution >= 0.6 is 0 Å². The number of amides is 2. The minimum atomic E-state index is -0.188. The first-order valence-corrected chi connectivity index (χ1v) is 5.37. The Balaban J connectivity index is 2.64. The van der Waals surface area contributed by atoms with Gasteiger partial charge in [-0.1, -0.05) is 0 Å². The highest BCUT2D eigenvalue weighted by Crippen LogP contribution is 2.23. The SMILES string of the molecule is CNC(=O)NCCc1cc(OC)ccc1OC. The first kappa shape index (κ1) is 13.2. The summed E-state index contributed by atoms with van der Waals surface area (Å²) in [5.74, 6) is 1.57. The predicted molar refractivity (Wildman–Crippen MR) is 65.7 cm³/mol. The molecular formula is C12H18N2O3. The maximum atomic E-state index is 11.0. The van der Waals surface area contributed by atoms with Gasteiger partial charge in [0, 0.05) is 13.6 Å². The quantitative estimate of drug-likeness (QED) is 0.809. The van der Waals surface area contributed by atoms with Crippen molar-refractivity contribution >= 4 is 6.03 Å². The second-order valence-electron chi connectivity index (χ2n) is 3.43. The summed E-state index contributed by atoms with van der Waals surface area (Å²) in [7, 11) is 4.83. The Labute approximate surface area is 101 Å². The van der Waals surface area contributed by atoms with Crippen molar-refractivity contribution in [1.29, 1.82) is 0 Å². The van der Waals surface area contributed by atoms with Crippen molar-refractivity contribution in [3.8, 4) is 11.5 Å². The van der Waals surface area contributed by atoms with Crippen LogP contribution in [0.3, 0.4) is 0 Å². The number of carbonyl (C=O) groups is 1. The normalized spacial score (nSPS) is 9.59. The number of carbonyl (C=O) groups excluding carboxylic acids is 1. The Morgan fingerprint density at radius 2 is 2.06 bits per heavy atom. The molecule has 0 heterocycles. The number of benzene rings is 1. The van der Waals surface area contributed by atoms with Gasteiger partial charge in [0.1, 0.15) is 11.5 Å². The van der Waals surface area contributed by atoms with E-state index in [1.165, 1.54) is 0 Å². The van der Waals surface area contributed by atoms with Crippen molar-refractivity contribution in [1.82, 2.24) is 10.6 Å². The maximum absolute atomic E-state index is 11.0. The molecule has 0 aliphatic carbocycles. The van der Waals surface area contributed by atoms with Gasteiger partial charge >= 0.3 is 6.03 Å². The highest BCUT2D eigenvalue weighted by molar-refractivity contribution is 5.73. The first-order valence-electron chi connectivity index (χ1n) is 5.37. The molecule has 1 aromatic rings. The number of rotatable bonds is 5. The number of urea groups is 1. The van der Waals surface area contributed by atoms with Crippen LogP contribution in [-0.4, -0.2) is 33.8 Å². The molecule has 0 saturated carbocycles. The summed E-state index contributed by atoms with van der Waals surface area (Å²) in [6, 6.07) is 5.42. The fourth-order valence-electron chi connectivity index (χ4n) is 1.48. The predicted octanol–water partition coefficient (Wildman–Crippen LogP) is 1.18. The van der Waals surface area contributed by atoms with Gasteiger partial charge < -0.3 is 20.1 Å². The Kier molecular flexibility index (Phi) is 5.13. The van der Waals surface area contributed by atoms with Gasteiger partial charge in [0.15, 0.2) is 0 Å². The molecule has 0 aliphatic heterocycles. The van der Waals surface area contributed by atoms with Gasteiger partial charge in [0.05, 0.1) is 14.2 Å². The van der Waals surface area contributed by atoms with Gasteiger partial charge in [-0.25, -0.2) is 4.79 Å². The lowest BCUT2D eigenvalue weighted by Crippen LogP contribution is -2.34. The Hall–Kier alpha value is -1.91. The van der Waals surface area contributed by atoms with Crippen LogP contribution in [0.5, 0.6) is 11.5 Å². The van der Waals surface area contributed by atoms with E-state index in [1.54, 1.807) is 21.3 Å². The molecule has 5 heteroatoms. The van der Waals surface area contributed by atoms with E-state index < -0.39 is 0 Å². The molecule has 2 amide bonds. The van der Waals surface area contributed by atoms with Crippen LogP contribution in [0.25, 0.3) is 0 Å². The average Bonchev–Trinajstić information content (AvgIpc) is 2.38. The van der Waals surface area contributed by atoms with Crippen LogP contribution in [0.1, 0.15) is 5.56 Å². The standard InChI is InChI=1S/C12H18N2O3/c1-13-12(15)14-7-6-9-8-10(16-2)4-5-11(9)17-3/h4-5,8H,6-7H2,1-3H3,(H2,13,14,15). The molecular weight excluding hydrogens is 220 g/mol. The van der Waals surface area contributed by atoms with Crippen molar-refractivity contribution < 1.29 is 14.3 Å². The van der Waals surface area contributed by atoms with Crippen LogP contribution in [0.2, 0.25) is 0 Å². The zero-order chi connectivity index (χ0) is 12.7. The van der Waals surface area contributed by atoms with Crippen molar-refractivity contribution in [3.63, 3.8) is 0 Å². The first-order chi connectivity index (χ1) is 8.21. The molecule has 1 rings (SSSR count). The Morgan fingerprint density at radius 1 is 1.29 bits per heavy atom. The molecule has 94 valence electrons. The minimum absolute atomic E-state index is 0.188. The number of hydrogen-bond donors (Lipinski definition) is 2. The molecule has 5 nitrogen and oxygen atoms in total. The summed E-state index contributed by atoms with van der Waals surface area (Å²) in [4.78, 5) is 11.0. The molecule has 0 atom stereocenters. The molecule has 0 spiro atoms. The summed E-state index contributed by atoms with van der Waals surface area (Å²) >= 11 is 0. The van der Waals surface area contributed by atoms with Gasteiger partial charge in [-0.2, -0.15) is 0 Å². The van der Waals surface area contributed by atoms with E-state index in [2.05, 4.69) is 10.6 Å². The van der Waals surface area contributed by atoms with Crippen LogP contribution in [0.15, 0.2) is 18.2 Å². The third-order valence-electron chi connectivity index (χ3n) is 2.39. The van der Waals surface area contributed by atoms with Crippen LogP contribution in [0.4, 0.5) is 4.79 Å². The molecule has 0 saturated heterocycles. The summed E-state index contributed by atoms with van der Waals surface area (Å²) in [6.07, 6.45) is 0.688. The van der Waals surface area contributed by atoms with Crippen molar-refractivity contribution in [2.75, 3.05) is 27.8 Å². The molecule has 0 unspecified atom stereocenters. The third kappa shape index (κ3) is 3.86. The number of nitrogens with one attached hydrogen (secondary N) is 2. The number of methoxy groups -OCH3 is 2. The second kappa shape index (κ2) is 6.62. The number of hydrogen-bond acceptors (Lipinski definition) is 3. The third-order valence-corrected chi connectivity index (χ3v) is 2.39. The maximum Gasteiger partial charge on any atom is 0.314 e. The lowest BCUT2D eigenvalue weighted by molar-refractivity contribution is 0.243. The van der Waals surface area contributed by atoms with Crippen LogP contribution in [-0.2, 0) is 6.42 Å². The minimum Gasteiger partial charge on any atom is -0.497 e. The highest BCUT2D eigenvalue weighted by atomic mass is 16.5. The molecule has 2 N–H and O–H groups in total. The zero-order valence-corrected chi connectivity index (χ0v) is 10.4. The van der Waals surface area contributed by atoms with E-state index in [1.807, 2.05) is 18.2 Å². The molecule has 17 heavy (non-hydrogen) atoms. The van der Waals surface area contributed by atoms with Crippen molar-refractivity contribution in [2.24, 2.45) is 0 Å². The average molecular weight is 238 g/mol. The van der Waals surface area contributed by atoms with E-state index in [0.717, 1.165) is 17.1 Å². The van der Waals surface area contributed by atoms with Crippen molar-refractivity contribution in [2.45, 2.75) is 6.42 Å². The van der Waals surface area contributed by atoms with Crippen molar-refractivity contribution in [3.05, 3.63) is 23.8 Å². The van der Waals surface area contributed by atoms with E-state index in [-0.39, 0.29) is 6.03 Å². The lowest BCUT2D eigenvalue weighted by Gasteiger charge is -2.10. The monoisotopic (exact) mass is 238 g/mol. The largest absolute Gasteiger partial charge is 0.497 e. The van der Waals surface area contributed by atoms with Gasteiger partial charge in [0.25, 0.3) is 0 Å². The van der Waals surface area contributed by atoms with Crippen LogP contribution in [0, 0.1) is 0 Å². The molecule has 0 fully saturated rings. The van der Waals surface area contributed by atoms with Crippen LogP contribution < -0.4 is 20.1 Å². The second-order valence-corrected chi connectivity index (χ2v) is 3.43. The van der Waals surface area contributed by atoms with Gasteiger partial charge in [0.2, 0.25) is 0 Å². The molecule has 0 aliphatic rings. The number of ether oxygens (including phenoxy) is 2. The smallest absolute Gasteiger partial charge is 0.314 e. The van der Waals surface area contributed by atoms with E-state index in [0.29, 0.717) is 13.0 Å².